The van der Waals surface area contributed by atoms with Crippen LogP contribution < -0.4 is 9.64 Å². The van der Waals surface area contributed by atoms with Crippen LogP contribution in [0.4, 0.5) is 5.13 Å². The molecule has 1 aromatic carbocycles. The van der Waals surface area contributed by atoms with Crippen molar-refractivity contribution in [3.8, 4) is 5.88 Å². The van der Waals surface area contributed by atoms with E-state index in [0.717, 1.165) is 35.8 Å². The van der Waals surface area contributed by atoms with Crippen LogP contribution in [0.2, 0.25) is 0 Å². The van der Waals surface area contributed by atoms with Gasteiger partial charge in [0.25, 0.3) is 0 Å². The number of carbonyl (C=O) groups is 1. The lowest BCUT2D eigenvalue weighted by Gasteiger charge is -2.22. The highest BCUT2D eigenvalue weighted by atomic mass is 32.1. The van der Waals surface area contributed by atoms with Crippen LogP contribution in [0.1, 0.15) is 31.7 Å². The lowest BCUT2D eigenvalue weighted by molar-refractivity contribution is -0.120. The first-order valence-corrected chi connectivity index (χ1v) is 10.2. The van der Waals surface area contributed by atoms with Crippen molar-refractivity contribution in [1.82, 2.24) is 15.0 Å². The van der Waals surface area contributed by atoms with E-state index < -0.39 is 0 Å². The standard InChI is InChI=1S/C20H22N4O2S/c1-2-26-17-13-21-18-19(22-17)27-20(23-18)24-12-6-9-15(24)16(25)11-10-14-7-4-3-5-8-14/h3-5,7-8,13,15H,2,6,9-12H2,1H3/t15-/m1/s1. The van der Waals surface area contributed by atoms with E-state index in [1.54, 1.807) is 6.20 Å². The predicted molar refractivity (Wildman–Crippen MR) is 107 cm³/mol. The first-order chi connectivity index (χ1) is 13.2. The molecule has 2 aromatic heterocycles. The van der Waals surface area contributed by atoms with Gasteiger partial charge in [-0.2, -0.15) is 9.97 Å². The summed E-state index contributed by atoms with van der Waals surface area (Å²) in [6, 6.07) is 10.1. The number of hydrogen-bond donors (Lipinski definition) is 0. The molecule has 6 nitrogen and oxygen atoms in total. The normalized spacial score (nSPS) is 16.8. The molecular weight excluding hydrogens is 360 g/mol. The molecular formula is C20H22N4O2S. The average molecular weight is 382 g/mol. The summed E-state index contributed by atoms with van der Waals surface area (Å²) < 4.78 is 5.42. The highest BCUT2D eigenvalue weighted by Crippen LogP contribution is 2.33. The van der Waals surface area contributed by atoms with Gasteiger partial charge in [-0.1, -0.05) is 41.7 Å². The minimum atomic E-state index is -0.0966. The molecule has 0 spiro atoms. The van der Waals surface area contributed by atoms with E-state index in [-0.39, 0.29) is 11.8 Å². The molecule has 0 aliphatic carbocycles. The average Bonchev–Trinajstić information content (AvgIpc) is 3.33. The van der Waals surface area contributed by atoms with Gasteiger partial charge >= 0.3 is 0 Å². The van der Waals surface area contributed by atoms with Crippen molar-refractivity contribution in [1.29, 1.82) is 0 Å². The summed E-state index contributed by atoms with van der Waals surface area (Å²) in [5, 5.41) is 0.828. The number of fused-ring (bicyclic) bond motifs is 1. The molecule has 4 rings (SSSR count). The number of nitrogens with zero attached hydrogens (tertiary/aromatic N) is 4. The lowest BCUT2D eigenvalue weighted by Crippen LogP contribution is -2.36. The fraction of sp³-hybridized carbons (Fsp3) is 0.400. The Hall–Kier alpha value is -2.54. The molecule has 0 amide bonds. The highest BCUT2D eigenvalue weighted by Gasteiger charge is 2.32. The Kier molecular flexibility index (Phi) is 5.29. The summed E-state index contributed by atoms with van der Waals surface area (Å²) in [5.41, 5.74) is 1.81. The quantitative estimate of drug-likeness (QED) is 0.621. The van der Waals surface area contributed by atoms with E-state index >= 15 is 0 Å². The molecule has 140 valence electrons. The number of thiazole rings is 1. The number of rotatable bonds is 7. The zero-order valence-electron chi connectivity index (χ0n) is 15.3. The molecule has 1 atom stereocenters. The van der Waals surface area contributed by atoms with Gasteiger partial charge in [-0.05, 0) is 31.7 Å². The molecule has 27 heavy (non-hydrogen) atoms. The first kappa shape index (κ1) is 17.9. The Balaban J connectivity index is 1.48. The maximum absolute atomic E-state index is 12.8. The van der Waals surface area contributed by atoms with Crippen molar-refractivity contribution >= 4 is 32.7 Å². The lowest BCUT2D eigenvalue weighted by atomic mass is 10.0. The Labute approximate surface area is 162 Å². The van der Waals surface area contributed by atoms with Crippen LogP contribution >= 0.6 is 11.3 Å². The number of ketones is 1. The van der Waals surface area contributed by atoms with Crippen LogP contribution in [0, 0.1) is 0 Å². The summed E-state index contributed by atoms with van der Waals surface area (Å²) in [6.07, 6.45) is 4.82. The van der Waals surface area contributed by atoms with Crippen LogP contribution in [-0.4, -0.2) is 39.9 Å². The second kappa shape index (κ2) is 8.00. The first-order valence-electron chi connectivity index (χ1n) is 9.34. The van der Waals surface area contributed by atoms with Crippen LogP contribution in [0.25, 0.3) is 10.5 Å². The van der Waals surface area contributed by atoms with Crippen molar-refractivity contribution in [2.75, 3.05) is 18.1 Å². The smallest absolute Gasteiger partial charge is 0.233 e. The third-order valence-corrected chi connectivity index (χ3v) is 5.73. The van der Waals surface area contributed by atoms with Crippen molar-refractivity contribution in [2.24, 2.45) is 0 Å². The molecule has 1 fully saturated rings. The summed E-state index contributed by atoms with van der Waals surface area (Å²) >= 11 is 1.48. The maximum atomic E-state index is 12.8. The number of anilines is 1. The van der Waals surface area contributed by atoms with Gasteiger partial charge < -0.3 is 9.64 Å². The van der Waals surface area contributed by atoms with Crippen LogP contribution in [-0.2, 0) is 11.2 Å². The van der Waals surface area contributed by atoms with Crippen LogP contribution in [0.15, 0.2) is 36.5 Å². The molecule has 3 aromatic rings. The molecule has 0 radical (unpaired) electrons. The zero-order valence-corrected chi connectivity index (χ0v) is 16.1. The minimum absolute atomic E-state index is 0.0966. The Morgan fingerprint density at radius 1 is 1.30 bits per heavy atom. The molecule has 3 heterocycles. The molecule has 1 aliphatic rings. The fourth-order valence-corrected chi connectivity index (χ4v) is 4.41. The summed E-state index contributed by atoms with van der Waals surface area (Å²) in [6.45, 7) is 3.32. The van der Waals surface area contributed by atoms with E-state index in [1.165, 1.54) is 16.9 Å². The van der Waals surface area contributed by atoms with E-state index in [9.17, 15) is 4.79 Å². The minimum Gasteiger partial charge on any atom is -0.477 e. The van der Waals surface area contributed by atoms with Gasteiger partial charge in [-0.25, -0.2) is 4.98 Å². The van der Waals surface area contributed by atoms with Crippen molar-refractivity contribution in [3.63, 3.8) is 0 Å². The van der Waals surface area contributed by atoms with Gasteiger partial charge in [0.05, 0.1) is 18.8 Å². The van der Waals surface area contributed by atoms with Gasteiger partial charge in [-0.3, -0.25) is 4.79 Å². The predicted octanol–water partition coefficient (Wildman–Crippen LogP) is 3.66. The Morgan fingerprint density at radius 2 is 2.15 bits per heavy atom. The number of carbonyl (C=O) groups excluding carboxylic acids is 1. The monoisotopic (exact) mass is 382 g/mol. The molecule has 7 heteroatoms. The SMILES string of the molecule is CCOc1cnc2nc(N3CCC[C@@H]3C(=O)CCc3ccccc3)sc2n1. The number of aromatic nitrogens is 3. The number of benzene rings is 1. The Bertz CT molecular complexity index is 928. The molecule has 0 unspecified atom stereocenters. The third kappa shape index (κ3) is 3.93. The van der Waals surface area contributed by atoms with Gasteiger partial charge in [0.1, 0.15) is 0 Å². The number of aryl methyl sites for hydroxylation is 1. The van der Waals surface area contributed by atoms with E-state index in [4.69, 9.17) is 4.74 Å². The molecule has 1 aliphatic heterocycles. The number of Topliss-reactive ketones (excluding diaryl/α,β-unsaturated/α-hetero) is 1. The maximum Gasteiger partial charge on any atom is 0.233 e. The van der Waals surface area contributed by atoms with E-state index in [0.29, 0.717) is 24.6 Å². The van der Waals surface area contributed by atoms with Gasteiger partial charge in [0.15, 0.2) is 21.4 Å². The topological polar surface area (TPSA) is 68.2 Å². The van der Waals surface area contributed by atoms with Crippen LogP contribution in [0.3, 0.4) is 0 Å². The number of hydrogen-bond acceptors (Lipinski definition) is 7. The molecule has 1 saturated heterocycles. The Morgan fingerprint density at radius 3 is 2.96 bits per heavy atom. The zero-order chi connectivity index (χ0) is 18.6. The second-order valence-corrected chi connectivity index (χ2v) is 7.53. The fourth-order valence-electron chi connectivity index (χ4n) is 3.45. The van der Waals surface area contributed by atoms with E-state index in [1.807, 2.05) is 25.1 Å². The molecule has 0 N–H and O–H groups in total. The van der Waals surface area contributed by atoms with E-state index in [2.05, 4.69) is 32.0 Å². The largest absolute Gasteiger partial charge is 0.477 e. The third-order valence-electron chi connectivity index (χ3n) is 4.76. The summed E-state index contributed by atoms with van der Waals surface area (Å²) in [7, 11) is 0. The van der Waals surface area contributed by atoms with Crippen molar-refractivity contribution in [3.05, 3.63) is 42.1 Å². The van der Waals surface area contributed by atoms with Crippen LogP contribution in [0.5, 0.6) is 5.88 Å². The highest BCUT2D eigenvalue weighted by molar-refractivity contribution is 7.21. The second-order valence-electron chi connectivity index (χ2n) is 6.57. The van der Waals surface area contributed by atoms with Gasteiger partial charge in [0, 0.05) is 13.0 Å². The van der Waals surface area contributed by atoms with Gasteiger partial charge in [-0.15, -0.1) is 0 Å². The molecule has 0 bridgehead atoms. The summed E-state index contributed by atoms with van der Waals surface area (Å²) in [5.74, 6) is 0.795. The van der Waals surface area contributed by atoms with Crippen molar-refractivity contribution in [2.45, 2.75) is 38.6 Å². The van der Waals surface area contributed by atoms with Crippen molar-refractivity contribution < 1.29 is 9.53 Å². The summed E-state index contributed by atoms with van der Waals surface area (Å²) in [4.78, 5) is 29.1. The molecule has 0 saturated carbocycles. The van der Waals surface area contributed by atoms with Gasteiger partial charge in [0.2, 0.25) is 5.88 Å². The number of ether oxygens (including phenoxy) is 1.